The molecule has 3 N–H and O–H groups in total. The van der Waals surface area contributed by atoms with Crippen molar-refractivity contribution in [3.05, 3.63) is 17.7 Å². The van der Waals surface area contributed by atoms with Crippen LogP contribution in [0.4, 0.5) is 5.69 Å². The van der Waals surface area contributed by atoms with Gasteiger partial charge in [-0.05, 0) is 6.07 Å². The van der Waals surface area contributed by atoms with Gasteiger partial charge in [0.05, 0.1) is 5.56 Å². The second-order valence-electron chi connectivity index (χ2n) is 2.88. The molecule has 1 aromatic rings. The number of rotatable bonds is 1. The lowest BCUT2D eigenvalue weighted by molar-refractivity contribution is 0.0958. The molecule has 1 aliphatic rings. The highest BCUT2D eigenvalue weighted by Crippen LogP contribution is 2.37. The van der Waals surface area contributed by atoms with Crippen molar-refractivity contribution in [2.45, 2.75) is 0 Å². The maximum Gasteiger partial charge on any atom is 0.255 e. The average Bonchev–Trinajstić information content (AvgIpc) is 2.62. The van der Waals surface area contributed by atoms with Gasteiger partial charge in [-0.1, -0.05) is 0 Å². The molecule has 2 rings (SSSR count). The minimum Gasteiger partial charge on any atom is -0.453 e. The highest BCUT2D eigenvalue weighted by atomic mass is 16.7. The third kappa shape index (κ3) is 1.22. The van der Waals surface area contributed by atoms with Crippen LogP contribution in [0.3, 0.4) is 0 Å². The smallest absolute Gasteiger partial charge is 0.255 e. The summed E-state index contributed by atoms with van der Waals surface area (Å²) >= 11 is 0. The van der Waals surface area contributed by atoms with Crippen molar-refractivity contribution in [2.24, 2.45) is 0 Å². The number of nitrogens with one attached hydrogen (secondary N) is 1. The van der Waals surface area contributed by atoms with Gasteiger partial charge in [-0.15, -0.1) is 0 Å². The molecule has 5 nitrogen and oxygen atoms in total. The molecule has 1 heterocycles. The molecule has 0 spiro atoms. The van der Waals surface area contributed by atoms with Gasteiger partial charge in [0, 0.05) is 18.8 Å². The minimum absolute atomic E-state index is 0.128. The maximum atomic E-state index is 11.4. The van der Waals surface area contributed by atoms with Crippen LogP contribution in [0.25, 0.3) is 0 Å². The Hall–Kier alpha value is -1.91. The highest BCUT2D eigenvalue weighted by molar-refractivity contribution is 5.98. The highest BCUT2D eigenvalue weighted by Gasteiger charge is 2.22. The van der Waals surface area contributed by atoms with Crippen LogP contribution in [0.2, 0.25) is 0 Å². The molecule has 0 atom stereocenters. The third-order valence-electron chi connectivity index (χ3n) is 1.97. The molecule has 14 heavy (non-hydrogen) atoms. The van der Waals surface area contributed by atoms with Gasteiger partial charge in [0.25, 0.3) is 5.91 Å². The maximum absolute atomic E-state index is 11.4. The Bertz CT molecular complexity index is 390. The Kier molecular flexibility index (Phi) is 1.92. The first-order valence-corrected chi connectivity index (χ1v) is 4.13. The number of ether oxygens (including phenoxy) is 2. The van der Waals surface area contributed by atoms with Crippen molar-refractivity contribution in [3.8, 4) is 11.5 Å². The molecular weight excluding hydrogens is 184 g/mol. The number of nitrogens with two attached hydrogens (primary N) is 1. The van der Waals surface area contributed by atoms with Crippen LogP contribution in [0, 0.1) is 0 Å². The van der Waals surface area contributed by atoms with Crippen LogP contribution in [0.15, 0.2) is 12.1 Å². The molecule has 0 aliphatic carbocycles. The fourth-order valence-electron chi connectivity index (χ4n) is 1.33. The van der Waals surface area contributed by atoms with E-state index in [9.17, 15) is 4.79 Å². The third-order valence-corrected chi connectivity index (χ3v) is 1.97. The Morgan fingerprint density at radius 2 is 2.29 bits per heavy atom. The summed E-state index contributed by atoms with van der Waals surface area (Å²) in [7, 11) is 1.55. The first kappa shape index (κ1) is 8.68. The van der Waals surface area contributed by atoms with Crippen LogP contribution >= 0.6 is 0 Å². The van der Waals surface area contributed by atoms with E-state index in [2.05, 4.69) is 5.32 Å². The zero-order valence-electron chi connectivity index (χ0n) is 7.66. The molecule has 1 aliphatic heterocycles. The summed E-state index contributed by atoms with van der Waals surface area (Å²) in [6, 6.07) is 3.20. The van der Waals surface area contributed by atoms with Gasteiger partial charge >= 0.3 is 0 Å². The van der Waals surface area contributed by atoms with E-state index in [1.54, 1.807) is 19.2 Å². The number of hydrogen-bond donors (Lipinski definition) is 2. The van der Waals surface area contributed by atoms with Crippen LogP contribution in [0.5, 0.6) is 11.5 Å². The van der Waals surface area contributed by atoms with Gasteiger partial charge in [-0.25, -0.2) is 0 Å². The van der Waals surface area contributed by atoms with Crippen molar-refractivity contribution in [3.63, 3.8) is 0 Å². The van der Waals surface area contributed by atoms with Crippen molar-refractivity contribution in [2.75, 3.05) is 19.6 Å². The molecule has 1 amide bonds. The van der Waals surface area contributed by atoms with Gasteiger partial charge < -0.3 is 20.5 Å². The van der Waals surface area contributed by atoms with E-state index >= 15 is 0 Å². The Balaban J connectivity index is 2.54. The minimum atomic E-state index is -0.237. The summed E-state index contributed by atoms with van der Waals surface area (Å²) < 4.78 is 10.3. The van der Waals surface area contributed by atoms with Gasteiger partial charge in [0.1, 0.15) is 0 Å². The zero-order chi connectivity index (χ0) is 10.1. The van der Waals surface area contributed by atoms with E-state index in [0.29, 0.717) is 22.7 Å². The number of carbonyl (C=O) groups excluding carboxylic acids is 1. The van der Waals surface area contributed by atoms with Crippen LogP contribution in [0.1, 0.15) is 10.4 Å². The molecule has 5 heteroatoms. The number of nitrogen functional groups attached to an aromatic ring is 1. The zero-order valence-corrected chi connectivity index (χ0v) is 7.66. The quantitative estimate of drug-likeness (QED) is 0.633. The fourth-order valence-corrected chi connectivity index (χ4v) is 1.33. The van der Waals surface area contributed by atoms with Gasteiger partial charge in [-0.3, -0.25) is 4.79 Å². The molecule has 0 fully saturated rings. The lowest BCUT2D eigenvalue weighted by Gasteiger charge is -2.05. The summed E-state index contributed by atoms with van der Waals surface area (Å²) in [5.41, 5.74) is 6.49. The summed E-state index contributed by atoms with van der Waals surface area (Å²) in [4.78, 5) is 11.4. The molecule has 74 valence electrons. The molecule has 0 radical (unpaired) electrons. The van der Waals surface area contributed by atoms with E-state index in [-0.39, 0.29) is 12.7 Å². The summed E-state index contributed by atoms with van der Waals surface area (Å²) in [5.74, 6) is 0.737. The number of benzene rings is 1. The van der Waals surface area contributed by atoms with Gasteiger partial charge in [0.15, 0.2) is 11.5 Å². The second-order valence-corrected chi connectivity index (χ2v) is 2.88. The first-order valence-electron chi connectivity index (χ1n) is 4.13. The fraction of sp³-hybridized carbons (Fsp3) is 0.222. The SMILES string of the molecule is CNC(=O)c1cc(N)cc2c1OCO2. The number of fused-ring (bicyclic) bond motifs is 1. The summed E-state index contributed by atoms with van der Waals surface area (Å²) in [6.07, 6.45) is 0. The van der Waals surface area contributed by atoms with E-state index in [1.807, 2.05) is 0 Å². The van der Waals surface area contributed by atoms with E-state index < -0.39 is 0 Å². The molecular formula is C9H10N2O3. The molecule has 1 aromatic carbocycles. The van der Waals surface area contributed by atoms with Gasteiger partial charge in [0.2, 0.25) is 6.79 Å². The second kappa shape index (κ2) is 3.10. The molecule has 0 bridgehead atoms. The van der Waals surface area contributed by atoms with Crippen molar-refractivity contribution in [1.29, 1.82) is 0 Å². The normalized spacial score (nSPS) is 12.6. The average molecular weight is 194 g/mol. The van der Waals surface area contributed by atoms with Crippen molar-refractivity contribution in [1.82, 2.24) is 5.32 Å². The number of hydrogen-bond acceptors (Lipinski definition) is 4. The van der Waals surface area contributed by atoms with E-state index in [1.165, 1.54) is 0 Å². The molecule has 0 unspecified atom stereocenters. The van der Waals surface area contributed by atoms with Crippen LogP contribution < -0.4 is 20.5 Å². The van der Waals surface area contributed by atoms with Crippen molar-refractivity contribution < 1.29 is 14.3 Å². The number of amides is 1. The molecule has 0 saturated carbocycles. The standard InChI is InChI=1S/C9H10N2O3/c1-11-9(12)6-2-5(10)3-7-8(6)14-4-13-7/h2-3H,4,10H2,1H3,(H,11,12). The van der Waals surface area contributed by atoms with Crippen LogP contribution in [-0.4, -0.2) is 19.7 Å². The number of anilines is 1. The number of carbonyl (C=O) groups is 1. The Morgan fingerprint density at radius 1 is 1.50 bits per heavy atom. The van der Waals surface area contributed by atoms with Crippen molar-refractivity contribution >= 4 is 11.6 Å². The Labute approximate surface area is 80.8 Å². The lowest BCUT2D eigenvalue weighted by Crippen LogP contribution is -2.18. The topological polar surface area (TPSA) is 73.6 Å². The lowest BCUT2D eigenvalue weighted by atomic mass is 10.1. The Morgan fingerprint density at radius 3 is 3.00 bits per heavy atom. The van der Waals surface area contributed by atoms with E-state index in [4.69, 9.17) is 15.2 Å². The first-order chi connectivity index (χ1) is 6.72. The van der Waals surface area contributed by atoms with Gasteiger partial charge in [-0.2, -0.15) is 0 Å². The molecule has 0 saturated heterocycles. The predicted octanol–water partition coefficient (Wildman–Crippen LogP) is 0.357. The summed E-state index contributed by atoms with van der Waals surface area (Å²) in [5, 5.41) is 2.51. The predicted molar refractivity (Wildman–Crippen MR) is 50.4 cm³/mol. The largest absolute Gasteiger partial charge is 0.453 e. The van der Waals surface area contributed by atoms with Crippen LogP contribution in [-0.2, 0) is 0 Å². The summed E-state index contributed by atoms with van der Waals surface area (Å²) in [6.45, 7) is 0.128. The van der Waals surface area contributed by atoms with E-state index in [0.717, 1.165) is 0 Å². The molecule has 0 aromatic heterocycles. The monoisotopic (exact) mass is 194 g/mol.